The quantitative estimate of drug-likeness (QED) is 0.437. The maximum absolute atomic E-state index is 13.0. The Morgan fingerprint density at radius 1 is 0.706 bits per heavy atom. The van der Waals surface area contributed by atoms with E-state index in [0.717, 1.165) is 0 Å². The highest BCUT2D eigenvalue weighted by molar-refractivity contribution is 6.35. The van der Waals surface area contributed by atoms with Gasteiger partial charge in [0.1, 0.15) is 0 Å². The minimum atomic E-state index is -2.16. The van der Waals surface area contributed by atoms with Gasteiger partial charge in [0.2, 0.25) is 12.2 Å². The Labute approximate surface area is 204 Å². The molecule has 34 heavy (non-hydrogen) atoms. The highest BCUT2D eigenvalue weighted by Gasteiger charge is 2.41. The number of ether oxygens (including phenoxy) is 2. The Kier molecular flexibility index (Phi) is 8.24. The molecule has 0 bridgehead atoms. The number of anilines is 1. The van der Waals surface area contributed by atoms with Crippen molar-refractivity contribution in [1.82, 2.24) is 0 Å². The van der Waals surface area contributed by atoms with Gasteiger partial charge in [0.15, 0.2) is 0 Å². The lowest BCUT2D eigenvalue weighted by Crippen LogP contribution is -2.48. The first-order valence-corrected chi connectivity index (χ1v) is 10.5. The third-order valence-corrected chi connectivity index (χ3v) is 4.83. The number of esters is 2. The van der Waals surface area contributed by atoms with Crippen LogP contribution in [0.25, 0.3) is 0 Å². The lowest BCUT2D eigenvalue weighted by Gasteiger charge is -2.23. The zero-order valence-electron chi connectivity index (χ0n) is 17.3. The molecule has 2 N–H and O–H groups in total. The first-order valence-electron chi connectivity index (χ1n) is 9.76. The molecule has 8 nitrogen and oxygen atoms in total. The third kappa shape index (κ3) is 6.57. The average Bonchev–Trinajstić information content (AvgIpc) is 2.81. The highest BCUT2D eigenvalue weighted by Crippen LogP contribution is 2.23. The number of nitrogens with one attached hydrogen (secondary N) is 1. The predicted octanol–water partition coefficient (Wildman–Crippen LogP) is 4.47. The van der Waals surface area contributed by atoms with Crippen molar-refractivity contribution in [2.75, 3.05) is 5.32 Å². The molecule has 3 aromatic rings. The molecule has 0 saturated heterocycles. The van der Waals surface area contributed by atoms with Crippen molar-refractivity contribution in [3.63, 3.8) is 0 Å². The summed E-state index contributed by atoms with van der Waals surface area (Å²) >= 11 is 11.9. The summed E-state index contributed by atoms with van der Waals surface area (Å²) in [6.07, 6.45) is -4.20. The van der Waals surface area contributed by atoms with Gasteiger partial charge in [-0.3, -0.25) is 4.79 Å². The fraction of sp³-hybridized carbons (Fsp3) is 0.0833. The van der Waals surface area contributed by atoms with Crippen molar-refractivity contribution >= 4 is 52.7 Å². The van der Waals surface area contributed by atoms with E-state index in [2.05, 4.69) is 5.32 Å². The number of amides is 1. The molecule has 10 heteroatoms. The number of hydrogen-bond donors (Lipinski definition) is 2. The van der Waals surface area contributed by atoms with Crippen LogP contribution in [0.1, 0.15) is 20.7 Å². The topological polar surface area (TPSA) is 119 Å². The largest absolute Gasteiger partial charge is 0.478 e. The zero-order valence-corrected chi connectivity index (χ0v) is 18.8. The van der Waals surface area contributed by atoms with E-state index >= 15 is 0 Å². The predicted molar refractivity (Wildman–Crippen MR) is 124 cm³/mol. The van der Waals surface area contributed by atoms with E-state index in [4.69, 9.17) is 32.7 Å². The van der Waals surface area contributed by atoms with Crippen LogP contribution in [-0.2, 0) is 19.1 Å². The number of carboxylic acids is 1. The van der Waals surface area contributed by atoms with Gasteiger partial charge >= 0.3 is 17.9 Å². The third-order valence-electron chi connectivity index (χ3n) is 4.39. The van der Waals surface area contributed by atoms with Gasteiger partial charge in [-0.2, -0.15) is 0 Å². The van der Waals surface area contributed by atoms with E-state index in [1.807, 2.05) is 0 Å². The second-order valence-electron chi connectivity index (χ2n) is 6.87. The Bertz CT molecular complexity index is 1180. The number of benzene rings is 3. The molecular weight excluding hydrogens is 485 g/mol. The molecule has 0 fully saturated rings. The van der Waals surface area contributed by atoms with Crippen LogP contribution in [0.5, 0.6) is 0 Å². The van der Waals surface area contributed by atoms with Gasteiger partial charge in [0.05, 0.1) is 11.1 Å². The molecule has 0 aliphatic carbocycles. The van der Waals surface area contributed by atoms with Crippen molar-refractivity contribution in [3.05, 3.63) is 100 Å². The number of rotatable bonds is 8. The van der Waals surface area contributed by atoms with Crippen LogP contribution in [0.2, 0.25) is 10.0 Å². The average molecular weight is 502 g/mol. The van der Waals surface area contributed by atoms with Gasteiger partial charge in [-0.05, 0) is 42.5 Å². The smallest absolute Gasteiger partial charge is 0.349 e. The maximum atomic E-state index is 13.0. The van der Waals surface area contributed by atoms with Crippen LogP contribution in [0.4, 0.5) is 5.69 Å². The number of carbonyl (C=O) groups is 4. The Balaban J connectivity index is 1.91. The maximum Gasteiger partial charge on any atom is 0.349 e. The molecule has 0 heterocycles. The van der Waals surface area contributed by atoms with Gasteiger partial charge in [-0.1, -0.05) is 59.6 Å². The first kappa shape index (κ1) is 24.8. The fourth-order valence-electron chi connectivity index (χ4n) is 2.85. The summed E-state index contributed by atoms with van der Waals surface area (Å²) in [7, 11) is 0. The summed E-state index contributed by atoms with van der Waals surface area (Å²) < 4.78 is 10.3. The molecular formula is C24H17Cl2NO7. The van der Waals surface area contributed by atoms with Gasteiger partial charge < -0.3 is 19.9 Å². The van der Waals surface area contributed by atoms with E-state index in [-0.39, 0.29) is 26.9 Å². The SMILES string of the molecule is O=C(O[C@H](C(=O)O)[C@H](OC(=O)c1ccccc1)C(=O)Nc1cc(Cl)cc(Cl)c1)c1ccccc1. The zero-order chi connectivity index (χ0) is 24.7. The van der Waals surface area contributed by atoms with Crippen LogP contribution >= 0.6 is 23.2 Å². The summed E-state index contributed by atoms with van der Waals surface area (Å²) in [5.74, 6) is -4.79. The monoisotopic (exact) mass is 501 g/mol. The number of halogens is 2. The van der Waals surface area contributed by atoms with E-state index < -0.39 is 36.0 Å². The van der Waals surface area contributed by atoms with Crippen molar-refractivity contribution in [2.24, 2.45) is 0 Å². The molecule has 0 saturated carbocycles. The fourth-order valence-corrected chi connectivity index (χ4v) is 3.38. The Hall–Kier alpha value is -3.88. The standard InChI is InChI=1S/C24H17Cl2NO7/c25-16-11-17(26)13-18(12-16)27-21(28)19(33-23(31)14-7-3-1-4-8-14)20(22(29)30)34-24(32)15-9-5-2-6-10-15/h1-13,19-20H,(H,27,28)(H,29,30)/t19-,20-/m0/s1. The molecule has 0 aliphatic rings. The van der Waals surface area contributed by atoms with E-state index in [0.29, 0.717) is 0 Å². The molecule has 1 amide bonds. The lowest BCUT2D eigenvalue weighted by atomic mass is 10.1. The van der Waals surface area contributed by atoms with E-state index in [9.17, 15) is 24.3 Å². The number of aliphatic carboxylic acids is 1. The van der Waals surface area contributed by atoms with Gasteiger partial charge in [0.25, 0.3) is 5.91 Å². The second-order valence-corrected chi connectivity index (χ2v) is 7.74. The molecule has 174 valence electrons. The highest BCUT2D eigenvalue weighted by atomic mass is 35.5. The number of carboxylic acid groups (broad SMARTS) is 1. The molecule has 0 radical (unpaired) electrons. The number of hydrogen-bond acceptors (Lipinski definition) is 6. The normalized spacial score (nSPS) is 12.2. The lowest BCUT2D eigenvalue weighted by molar-refractivity contribution is -0.157. The molecule has 2 atom stereocenters. The molecule has 0 spiro atoms. The van der Waals surface area contributed by atoms with Crippen LogP contribution in [-0.4, -0.2) is 41.1 Å². The molecule has 0 unspecified atom stereocenters. The second kappa shape index (κ2) is 11.3. The van der Waals surface area contributed by atoms with Crippen LogP contribution in [0, 0.1) is 0 Å². The van der Waals surface area contributed by atoms with Crippen molar-refractivity contribution < 1.29 is 33.8 Å². The minimum Gasteiger partial charge on any atom is -0.478 e. The molecule has 3 rings (SSSR count). The van der Waals surface area contributed by atoms with Crippen LogP contribution in [0.15, 0.2) is 78.9 Å². The van der Waals surface area contributed by atoms with Gasteiger partial charge in [0, 0.05) is 15.7 Å². The van der Waals surface area contributed by atoms with E-state index in [1.165, 1.54) is 42.5 Å². The van der Waals surface area contributed by atoms with Crippen LogP contribution < -0.4 is 5.32 Å². The Morgan fingerprint density at radius 3 is 1.59 bits per heavy atom. The van der Waals surface area contributed by atoms with Crippen molar-refractivity contribution in [2.45, 2.75) is 12.2 Å². The summed E-state index contributed by atoms with van der Waals surface area (Å²) in [6.45, 7) is 0. The number of carbonyl (C=O) groups excluding carboxylic acids is 3. The summed E-state index contributed by atoms with van der Waals surface area (Å²) in [5, 5.41) is 12.5. The first-order chi connectivity index (χ1) is 16.2. The summed E-state index contributed by atoms with van der Waals surface area (Å²) in [5.41, 5.74) is 0.218. The minimum absolute atomic E-state index is 0.0453. The summed E-state index contributed by atoms with van der Waals surface area (Å²) in [6, 6.07) is 19.3. The molecule has 0 aromatic heterocycles. The van der Waals surface area contributed by atoms with Gasteiger partial charge in [-0.15, -0.1) is 0 Å². The van der Waals surface area contributed by atoms with Crippen LogP contribution in [0.3, 0.4) is 0 Å². The molecule has 0 aliphatic heterocycles. The molecule has 3 aromatic carbocycles. The van der Waals surface area contributed by atoms with E-state index in [1.54, 1.807) is 36.4 Å². The van der Waals surface area contributed by atoms with Gasteiger partial charge in [-0.25, -0.2) is 14.4 Å². The van der Waals surface area contributed by atoms with Crippen molar-refractivity contribution in [1.29, 1.82) is 0 Å². The van der Waals surface area contributed by atoms with Crippen molar-refractivity contribution in [3.8, 4) is 0 Å². The summed E-state index contributed by atoms with van der Waals surface area (Å²) in [4.78, 5) is 50.2. The Morgan fingerprint density at radius 2 is 1.15 bits per heavy atom.